The average molecular weight is 304 g/mol. The molecule has 1 aliphatic heterocycles. The van der Waals surface area contributed by atoms with Gasteiger partial charge < -0.3 is 15.0 Å². The van der Waals surface area contributed by atoms with Gasteiger partial charge in [-0.05, 0) is 31.4 Å². The number of hydrogen-bond donors (Lipinski definition) is 1. The maximum Gasteiger partial charge on any atom is 0.328 e. The van der Waals surface area contributed by atoms with Crippen LogP contribution in [0.25, 0.3) is 0 Å². The molecule has 1 aromatic carbocycles. The minimum atomic E-state index is -0.542. The van der Waals surface area contributed by atoms with E-state index >= 15 is 0 Å². The molecule has 1 fully saturated rings. The molecule has 22 heavy (non-hydrogen) atoms. The highest BCUT2D eigenvalue weighted by Crippen LogP contribution is 2.18. The molecule has 1 aliphatic rings. The molecule has 118 valence electrons. The van der Waals surface area contributed by atoms with E-state index in [4.69, 9.17) is 4.74 Å². The Morgan fingerprint density at radius 2 is 1.95 bits per heavy atom. The molecule has 1 heterocycles. The van der Waals surface area contributed by atoms with E-state index in [-0.39, 0.29) is 18.4 Å². The van der Waals surface area contributed by atoms with Gasteiger partial charge >= 0.3 is 5.97 Å². The molecule has 1 N–H and O–H groups in total. The van der Waals surface area contributed by atoms with Crippen molar-refractivity contribution in [2.75, 3.05) is 20.2 Å². The second-order valence-corrected chi connectivity index (χ2v) is 5.17. The van der Waals surface area contributed by atoms with Gasteiger partial charge in [0, 0.05) is 12.1 Å². The predicted octanol–water partition coefficient (Wildman–Crippen LogP) is 0.970. The first kappa shape index (κ1) is 16.0. The summed E-state index contributed by atoms with van der Waals surface area (Å²) in [5.41, 5.74) is 0.499. The number of carbonyl (C=O) groups excluding carboxylic acids is 3. The van der Waals surface area contributed by atoms with E-state index in [1.54, 1.807) is 24.3 Å². The standard InChI is InChI=1S/C16H20N2O4/c1-22-16(21)13-9-5-6-10-18(13)14(19)11-17-15(20)12-7-3-2-4-8-12/h2-4,7-8,13H,5-6,9-11H2,1H3,(H,17,20)/t13-/m1/s1. The Morgan fingerprint density at radius 3 is 2.64 bits per heavy atom. The zero-order valence-corrected chi connectivity index (χ0v) is 12.6. The molecular formula is C16H20N2O4. The number of esters is 1. The first-order chi connectivity index (χ1) is 10.6. The number of hydrogen-bond acceptors (Lipinski definition) is 4. The summed E-state index contributed by atoms with van der Waals surface area (Å²) >= 11 is 0. The average Bonchev–Trinajstić information content (AvgIpc) is 2.59. The van der Waals surface area contributed by atoms with Crippen molar-refractivity contribution in [1.82, 2.24) is 10.2 Å². The van der Waals surface area contributed by atoms with E-state index in [1.165, 1.54) is 12.0 Å². The molecule has 0 unspecified atom stereocenters. The molecule has 1 saturated heterocycles. The van der Waals surface area contributed by atoms with Crippen LogP contribution in [0.15, 0.2) is 30.3 Å². The topological polar surface area (TPSA) is 75.7 Å². The van der Waals surface area contributed by atoms with Crippen LogP contribution in [0.5, 0.6) is 0 Å². The highest BCUT2D eigenvalue weighted by atomic mass is 16.5. The lowest BCUT2D eigenvalue weighted by molar-refractivity contribution is -0.154. The molecule has 0 aliphatic carbocycles. The van der Waals surface area contributed by atoms with Crippen molar-refractivity contribution in [2.45, 2.75) is 25.3 Å². The fourth-order valence-electron chi connectivity index (χ4n) is 2.56. The van der Waals surface area contributed by atoms with Crippen LogP contribution in [0.3, 0.4) is 0 Å². The van der Waals surface area contributed by atoms with Gasteiger partial charge in [-0.1, -0.05) is 18.2 Å². The van der Waals surface area contributed by atoms with Crippen LogP contribution in [-0.2, 0) is 14.3 Å². The van der Waals surface area contributed by atoms with Crippen molar-refractivity contribution in [3.8, 4) is 0 Å². The Labute approximate surface area is 129 Å². The zero-order chi connectivity index (χ0) is 15.9. The first-order valence-electron chi connectivity index (χ1n) is 7.34. The SMILES string of the molecule is COC(=O)[C@H]1CCCCN1C(=O)CNC(=O)c1ccccc1. The molecule has 0 spiro atoms. The lowest BCUT2D eigenvalue weighted by Gasteiger charge is -2.33. The molecule has 2 rings (SSSR count). The van der Waals surface area contributed by atoms with E-state index in [1.807, 2.05) is 6.07 Å². The number of amides is 2. The summed E-state index contributed by atoms with van der Waals surface area (Å²) < 4.78 is 4.74. The number of piperidine rings is 1. The van der Waals surface area contributed by atoms with Gasteiger partial charge in [0.25, 0.3) is 5.91 Å². The van der Waals surface area contributed by atoms with Crippen molar-refractivity contribution in [2.24, 2.45) is 0 Å². The maximum absolute atomic E-state index is 12.3. The number of likely N-dealkylation sites (tertiary alicyclic amines) is 1. The fraction of sp³-hybridized carbons (Fsp3) is 0.438. The van der Waals surface area contributed by atoms with Gasteiger partial charge in [0.05, 0.1) is 13.7 Å². The van der Waals surface area contributed by atoms with E-state index in [0.29, 0.717) is 18.5 Å². The number of benzene rings is 1. The number of ether oxygens (including phenoxy) is 1. The Balaban J connectivity index is 1.93. The van der Waals surface area contributed by atoms with Crippen LogP contribution < -0.4 is 5.32 Å². The van der Waals surface area contributed by atoms with Gasteiger partial charge in [0.2, 0.25) is 5.91 Å². The Kier molecular flexibility index (Phi) is 5.52. The summed E-state index contributed by atoms with van der Waals surface area (Å²) in [5, 5.41) is 2.59. The maximum atomic E-state index is 12.3. The third kappa shape index (κ3) is 3.84. The molecule has 6 nitrogen and oxygen atoms in total. The Bertz CT molecular complexity index is 544. The quantitative estimate of drug-likeness (QED) is 0.841. The largest absolute Gasteiger partial charge is 0.467 e. The zero-order valence-electron chi connectivity index (χ0n) is 12.6. The number of methoxy groups -OCH3 is 1. The first-order valence-corrected chi connectivity index (χ1v) is 7.34. The van der Waals surface area contributed by atoms with Crippen molar-refractivity contribution in [1.29, 1.82) is 0 Å². The molecule has 2 amide bonds. The summed E-state index contributed by atoms with van der Waals surface area (Å²) in [6.07, 6.45) is 2.34. The number of nitrogens with one attached hydrogen (secondary N) is 1. The van der Waals surface area contributed by atoms with Crippen molar-refractivity contribution < 1.29 is 19.1 Å². The minimum Gasteiger partial charge on any atom is -0.467 e. The van der Waals surface area contributed by atoms with E-state index < -0.39 is 12.0 Å². The second-order valence-electron chi connectivity index (χ2n) is 5.17. The lowest BCUT2D eigenvalue weighted by Crippen LogP contribution is -2.51. The second kappa shape index (κ2) is 7.59. The summed E-state index contributed by atoms with van der Waals surface area (Å²) in [5.74, 6) is -0.970. The normalized spacial score (nSPS) is 17.7. The minimum absolute atomic E-state index is 0.124. The molecule has 6 heteroatoms. The third-order valence-electron chi connectivity index (χ3n) is 3.73. The van der Waals surface area contributed by atoms with Gasteiger partial charge in [-0.3, -0.25) is 9.59 Å². The van der Waals surface area contributed by atoms with Gasteiger partial charge in [0.1, 0.15) is 6.04 Å². The molecule has 0 aromatic heterocycles. The number of rotatable bonds is 4. The molecule has 0 radical (unpaired) electrons. The van der Waals surface area contributed by atoms with E-state index in [0.717, 1.165) is 12.8 Å². The fourth-order valence-corrected chi connectivity index (χ4v) is 2.56. The van der Waals surface area contributed by atoms with Crippen LogP contribution in [0.1, 0.15) is 29.6 Å². The van der Waals surface area contributed by atoms with Crippen LogP contribution in [0.2, 0.25) is 0 Å². The molecule has 1 atom stereocenters. The Hall–Kier alpha value is -2.37. The predicted molar refractivity (Wildman–Crippen MR) is 80.1 cm³/mol. The van der Waals surface area contributed by atoms with Crippen molar-refractivity contribution >= 4 is 17.8 Å². The van der Waals surface area contributed by atoms with E-state index in [2.05, 4.69) is 5.32 Å². The van der Waals surface area contributed by atoms with Gasteiger partial charge in [-0.25, -0.2) is 4.79 Å². The molecule has 0 saturated carbocycles. The Morgan fingerprint density at radius 1 is 1.23 bits per heavy atom. The summed E-state index contributed by atoms with van der Waals surface area (Å²) in [7, 11) is 1.32. The number of carbonyl (C=O) groups is 3. The van der Waals surface area contributed by atoms with Crippen LogP contribution >= 0.6 is 0 Å². The van der Waals surface area contributed by atoms with Gasteiger partial charge in [-0.15, -0.1) is 0 Å². The van der Waals surface area contributed by atoms with E-state index in [9.17, 15) is 14.4 Å². The van der Waals surface area contributed by atoms with Crippen LogP contribution in [-0.4, -0.2) is 48.9 Å². The molecule has 1 aromatic rings. The molecule has 0 bridgehead atoms. The van der Waals surface area contributed by atoms with Crippen LogP contribution in [0.4, 0.5) is 0 Å². The third-order valence-corrected chi connectivity index (χ3v) is 3.73. The molecular weight excluding hydrogens is 284 g/mol. The summed E-state index contributed by atoms with van der Waals surface area (Å²) in [6.45, 7) is 0.390. The van der Waals surface area contributed by atoms with Crippen molar-refractivity contribution in [3.05, 3.63) is 35.9 Å². The van der Waals surface area contributed by atoms with Crippen molar-refractivity contribution in [3.63, 3.8) is 0 Å². The highest BCUT2D eigenvalue weighted by Gasteiger charge is 2.32. The highest BCUT2D eigenvalue weighted by molar-refractivity contribution is 5.96. The van der Waals surface area contributed by atoms with Gasteiger partial charge in [-0.2, -0.15) is 0 Å². The summed E-state index contributed by atoms with van der Waals surface area (Å²) in [4.78, 5) is 37.4. The monoisotopic (exact) mass is 304 g/mol. The summed E-state index contributed by atoms with van der Waals surface area (Å²) in [6, 6.07) is 8.15. The lowest BCUT2D eigenvalue weighted by atomic mass is 10.0. The van der Waals surface area contributed by atoms with Gasteiger partial charge in [0.15, 0.2) is 0 Å². The number of nitrogens with zero attached hydrogens (tertiary/aromatic N) is 1. The smallest absolute Gasteiger partial charge is 0.328 e. The van der Waals surface area contributed by atoms with Crippen LogP contribution in [0, 0.1) is 0 Å².